The molecule has 1 aliphatic rings. The zero-order valence-electron chi connectivity index (χ0n) is 14.3. The van der Waals surface area contributed by atoms with Crippen molar-refractivity contribution >= 4 is 46.4 Å². The molecule has 1 aliphatic heterocycles. The summed E-state index contributed by atoms with van der Waals surface area (Å²) >= 11 is 18.5. The van der Waals surface area contributed by atoms with Crippen LogP contribution < -0.4 is 5.32 Å². The summed E-state index contributed by atoms with van der Waals surface area (Å²) in [7, 11) is 0. The van der Waals surface area contributed by atoms with Gasteiger partial charge in [-0.15, -0.1) is 0 Å². The van der Waals surface area contributed by atoms with Crippen molar-refractivity contribution in [2.75, 3.05) is 5.32 Å². The maximum Gasteiger partial charge on any atom is 0.235 e. The van der Waals surface area contributed by atoms with Gasteiger partial charge in [0.2, 0.25) is 5.91 Å². The SMILES string of the molecule is O=C1Nc2cc(Cl)ccc2C1(Cc1cccc(Cl)c1)Cc1cccc(Cl)c1. The van der Waals surface area contributed by atoms with E-state index in [4.69, 9.17) is 34.8 Å². The van der Waals surface area contributed by atoms with Gasteiger partial charge >= 0.3 is 0 Å². The second-order valence-electron chi connectivity index (χ2n) is 6.84. The van der Waals surface area contributed by atoms with E-state index in [1.807, 2.05) is 60.7 Å². The van der Waals surface area contributed by atoms with Crippen molar-refractivity contribution in [1.82, 2.24) is 0 Å². The minimum atomic E-state index is -0.755. The number of carbonyl (C=O) groups is 1. The lowest BCUT2D eigenvalue weighted by molar-refractivity contribution is -0.120. The Balaban J connectivity index is 1.84. The first kappa shape index (κ1) is 18.4. The summed E-state index contributed by atoms with van der Waals surface area (Å²) < 4.78 is 0. The van der Waals surface area contributed by atoms with Gasteiger partial charge in [-0.3, -0.25) is 4.79 Å². The number of anilines is 1. The van der Waals surface area contributed by atoms with Crippen LogP contribution in [0.3, 0.4) is 0 Å². The third-order valence-electron chi connectivity index (χ3n) is 4.97. The highest BCUT2D eigenvalue weighted by atomic mass is 35.5. The number of hydrogen-bond donors (Lipinski definition) is 1. The van der Waals surface area contributed by atoms with Gasteiger partial charge < -0.3 is 5.32 Å². The summed E-state index contributed by atoms with van der Waals surface area (Å²) in [6.45, 7) is 0. The number of halogens is 3. The van der Waals surface area contributed by atoms with Crippen LogP contribution in [-0.2, 0) is 23.1 Å². The predicted octanol–water partition coefficient (Wildman–Crippen LogP) is 6.32. The highest BCUT2D eigenvalue weighted by Crippen LogP contribution is 2.44. The molecule has 0 aromatic heterocycles. The zero-order chi connectivity index (χ0) is 19.0. The molecule has 1 amide bonds. The highest BCUT2D eigenvalue weighted by Gasteiger charge is 2.46. The summed E-state index contributed by atoms with van der Waals surface area (Å²) in [5, 5.41) is 4.91. The van der Waals surface area contributed by atoms with Gasteiger partial charge in [0.1, 0.15) is 0 Å². The Morgan fingerprint density at radius 3 is 1.85 bits per heavy atom. The predicted molar refractivity (Wildman–Crippen MR) is 112 cm³/mol. The van der Waals surface area contributed by atoms with Crippen LogP contribution >= 0.6 is 34.8 Å². The van der Waals surface area contributed by atoms with Gasteiger partial charge in [0.25, 0.3) is 0 Å². The standard InChI is InChI=1S/C22H16Cl3NO/c23-16-5-1-3-14(9-16)12-22(13-15-4-2-6-17(24)10-15)19-8-7-18(25)11-20(19)26-21(22)27/h1-11H,12-13H2,(H,26,27). The van der Waals surface area contributed by atoms with Gasteiger partial charge in [-0.25, -0.2) is 0 Å². The van der Waals surface area contributed by atoms with Crippen molar-refractivity contribution in [2.24, 2.45) is 0 Å². The van der Waals surface area contributed by atoms with Crippen LogP contribution in [0.1, 0.15) is 16.7 Å². The summed E-state index contributed by atoms with van der Waals surface area (Å²) in [5.74, 6) is -0.0419. The number of rotatable bonds is 4. The van der Waals surface area contributed by atoms with Crippen LogP contribution in [0.2, 0.25) is 15.1 Å². The molecule has 4 rings (SSSR count). The van der Waals surface area contributed by atoms with Crippen LogP contribution in [0.25, 0.3) is 0 Å². The van der Waals surface area contributed by atoms with E-state index in [0.29, 0.717) is 27.9 Å². The normalized spacial score (nSPS) is 14.7. The summed E-state index contributed by atoms with van der Waals surface area (Å²) in [4.78, 5) is 13.2. The van der Waals surface area contributed by atoms with Crippen molar-refractivity contribution in [1.29, 1.82) is 0 Å². The van der Waals surface area contributed by atoms with Crippen LogP contribution in [0.4, 0.5) is 5.69 Å². The van der Waals surface area contributed by atoms with Gasteiger partial charge in [0, 0.05) is 20.8 Å². The van der Waals surface area contributed by atoms with Crippen molar-refractivity contribution in [3.63, 3.8) is 0 Å². The van der Waals surface area contributed by atoms with Gasteiger partial charge in [-0.1, -0.05) is 65.1 Å². The molecule has 136 valence electrons. The first-order valence-corrected chi connectivity index (χ1v) is 9.70. The van der Waals surface area contributed by atoms with Crippen LogP contribution in [0, 0.1) is 0 Å². The number of carbonyl (C=O) groups excluding carboxylic acids is 1. The zero-order valence-corrected chi connectivity index (χ0v) is 16.6. The molecule has 0 unspecified atom stereocenters. The summed E-state index contributed by atoms with van der Waals surface area (Å²) in [5.41, 5.74) is 2.95. The maximum absolute atomic E-state index is 13.2. The third-order valence-corrected chi connectivity index (χ3v) is 5.68. The Morgan fingerprint density at radius 2 is 1.30 bits per heavy atom. The lowest BCUT2D eigenvalue weighted by Crippen LogP contribution is -2.39. The minimum Gasteiger partial charge on any atom is -0.325 e. The van der Waals surface area contributed by atoms with Crippen molar-refractivity contribution in [3.8, 4) is 0 Å². The molecule has 2 nitrogen and oxygen atoms in total. The fourth-order valence-electron chi connectivity index (χ4n) is 3.81. The Morgan fingerprint density at radius 1 is 0.741 bits per heavy atom. The molecule has 1 N–H and O–H groups in total. The first-order valence-electron chi connectivity index (χ1n) is 8.57. The molecule has 0 spiro atoms. The fourth-order valence-corrected chi connectivity index (χ4v) is 4.40. The Kier molecular flexibility index (Phi) is 4.90. The molecule has 0 saturated heterocycles. The van der Waals surface area contributed by atoms with E-state index in [-0.39, 0.29) is 5.91 Å². The van der Waals surface area contributed by atoms with E-state index in [1.165, 1.54) is 0 Å². The van der Waals surface area contributed by atoms with Crippen LogP contribution in [-0.4, -0.2) is 5.91 Å². The smallest absolute Gasteiger partial charge is 0.235 e. The van der Waals surface area contributed by atoms with Gasteiger partial charge in [-0.2, -0.15) is 0 Å². The molecule has 0 radical (unpaired) electrons. The second kappa shape index (κ2) is 7.20. The Hall–Kier alpha value is -2.00. The van der Waals surface area contributed by atoms with E-state index in [1.54, 1.807) is 6.07 Å². The van der Waals surface area contributed by atoms with E-state index in [2.05, 4.69) is 5.32 Å². The molecule has 0 saturated carbocycles. The molecule has 3 aromatic rings. The lowest BCUT2D eigenvalue weighted by atomic mass is 9.72. The van der Waals surface area contributed by atoms with Gasteiger partial charge in [-0.05, 0) is 65.9 Å². The van der Waals surface area contributed by atoms with Crippen molar-refractivity contribution < 1.29 is 4.79 Å². The van der Waals surface area contributed by atoms with E-state index in [0.717, 1.165) is 22.4 Å². The molecule has 0 aliphatic carbocycles. The van der Waals surface area contributed by atoms with E-state index >= 15 is 0 Å². The highest BCUT2D eigenvalue weighted by molar-refractivity contribution is 6.31. The molecular formula is C22H16Cl3NO. The largest absolute Gasteiger partial charge is 0.325 e. The van der Waals surface area contributed by atoms with Gasteiger partial charge in [0.15, 0.2) is 0 Å². The monoisotopic (exact) mass is 415 g/mol. The molecule has 1 heterocycles. The molecule has 0 fully saturated rings. The second-order valence-corrected chi connectivity index (χ2v) is 8.15. The number of amides is 1. The van der Waals surface area contributed by atoms with Gasteiger partial charge in [0.05, 0.1) is 5.41 Å². The number of fused-ring (bicyclic) bond motifs is 1. The third kappa shape index (κ3) is 3.58. The molecule has 5 heteroatoms. The quantitative estimate of drug-likeness (QED) is 0.529. The molecule has 3 aromatic carbocycles. The van der Waals surface area contributed by atoms with E-state index < -0.39 is 5.41 Å². The first-order chi connectivity index (χ1) is 13.0. The average Bonchev–Trinajstić information content (AvgIpc) is 2.86. The average molecular weight is 417 g/mol. The Labute approximate surface area is 173 Å². The Bertz CT molecular complexity index is 984. The lowest BCUT2D eigenvalue weighted by Gasteiger charge is -2.28. The summed E-state index contributed by atoms with van der Waals surface area (Å²) in [6.07, 6.45) is 1.06. The summed E-state index contributed by atoms with van der Waals surface area (Å²) in [6, 6.07) is 20.8. The molecular weight excluding hydrogens is 401 g/mol. The topological polar surface area (TPSA) is 29.1 Å². The minimum absolute atomic E-state index is 0.0419. The molecule has 0 atom stereocenters. The molecule has 0 bridgehead atoms. The molecule has 27 heavy (non-hydrogen) atoms. The number of benzene rings is 3. The maximum atomic E-state index is 13.2. The van der Waals surface area contributed by atoms with E-state index in [9.17, 15) is 4.79 Å². The number of nitrogens with one attached hydrogen (secondary N) is 1. The van der Waals surface area contributed by atoms with Crippen molar-refractivity contribution in [2.45, 2.75) is 18.3 Å². The van der Waals surface area contributed by atoms with Crippen molar-refractivity contribution in [3.05, 3.63) is 98.5 Å². The number of hydrogen-bond acceptors (Lipinski definition) is 1. The van der Waals surface area contributed by atoms with Crippen LogP contribution in [0.5, 0.6) is 0 Å². The fraction of sp³-hybridized carbons (Fsp3) is 0.136. The van der Waals surface area contributed by atoms with Crippen LogP contribution in [0.15, 0.2) is 66.7 Å².